The molecule has 0 aliphatic rings. The SMILES string of the molecule is Cc1cc(N)ccc1N(C)CCCCCO. The van der Waals surface area contributed by atoms with Crippen LogP contribution in [0.1, 0.15) is 24.8 Å². The molecule has 0 spiro atoms. The zero-order chi connectivity index (χ0) is 12.0. The number of hydrogen-bond acceptors (Lipinski definition) is 3. The molecule has 0 aliphatic carbocycles. The molecular formula is C13H22N2O. The molecule has 0 atom stereocenters. The van der Waals surface area contributed by atoms with Gasteiger partial charge in [0.1, 0.15) is 0 Å². The fraction of sp³-hybridized carbons (Fsp3) is 0.538. The Hall–Kier alpha value is -1.22. The average molecular weight is 222 g/mol. The summed E-state index contributed by atoms with van der Waals surface area (Å²) in [6, 6.07) is 6.00. The number of nitrogens with zero attached hydrogens (tertiary/aromatic N) is 1. The van der Waals surface area contributed by atoms with E-state index in [0.717, 1.165) is 31.5 Å². The fourth-order valence-electron chi connectivity index (χ4n) is 1.86. The number of aliphatic hydroxyl groups is 1. The molecule has 1 aromatic carbocycles. The first-order valence-corrected chi connectivity index (χ1v) is 5.83. The van der Waals surface area contributed by atoms with Crippen LogP contribution in [0.2, 0.25) is 0 Å². The minimum atomic E-state index is 0.296. The smallest absolute Gasteiger partial charge is 0.0431 e. The number of unbranched alkanes of at least 4 members (excludes halogenated alkanes) is 2. The van der Waals surface area contributed by atoms with E-state index in [9.17, 15) is 0 Å². The second-order valence-corrected chi connectivity index (χ2v) is 4.25. The van der Waals surface area contributed by atoms with Crippen LogP contribution in [0.4, 0.5) is 11.4 Å². The summed E-state index contributed by atoms with van der Waals surface area (Å²) in [5.74, 6) is 0. The predicted molar refractivity (Wildman–Crippen MR) is 69.8 cm³/mol. The Bertz CT molecular complexity index is 326. The molecule has 3 N–H and O–H groups in total. The molecule has 0 fully saturated rings. The highest BCUT2D eigenvalue weighted by Gasteiger charge is 2.04. The van der Waals surface area contributed by atoms with Gasteiger partial charge in [0.2, 0.25) is 0 Å². The summed E-state index contributed by atoms with van der Waals surface area (Å²) in [6.07, 6.45) is 3.09. The third-order valence-corrected chi connectivity index (χ3v) is 2.78. The van der Waals surface area contributed by atoms with E-state index in [1.807, 2.05) is 12.1 Å². The number of rotatable bonds is 6. The molecule has 0 bridgehead atoms. The number of nitrogens with two attached hydrogens (primary N) is 1. The first kappa shape index (κ1) is 12.8. The van der Waals surface area contributed by atoms with Crippen molar-refractivity contribution in [3.63, 3.8) is 0 Å². The molecule has 0 radical (unpaired) electrons. The first-order chi connectivity index (χ1) is 7.65. The van der Waals surface area contributed by atoms with Gasteiger partial charge in [-0.25, -0.2) is 0 Å². The van der Waals surface area contributed by atoms with Gasteiger partial charge in [0, 0.05) is 31.6 Å². The van der Waals surface area contributed by atoms with Gasteiger partial charge in [-0.05, 0) is 49.9 Å². The lowest BCUT2D eigenvalue weighted by Gasteiger charge is -2.21. The molecule has 0 aliphatic heterocycles. The van der Waals surface area contributed by atoms with Gasteiger partial charge in [0.05, 0.1) is 0 Å². The van der Waals surface area contributed by atoms with Crippen LogP contribution in [0.3, 0.4) is 0 Å². The van der Waals surface area contributed by atoms with Crippen molar-refractivity contribution in [3.8, 4) is 0 Å². The summed E-state index contributed by atoms with van der Waals surface area (Å²) in [7, 11) is 2.09. The maximum Gasteiger partial charge on any atom is 0.0431 e. The molecule has 90 valence electrons. The molecule has 1 rings (SSSR count). The Kier molecular flexibility index (Phi) is 5.12. The molecule has 0 saturated heterocycles. The van der Waals surface area contributed by atoms with E-state index in [-0.39, 0.29) is 0 Å². The second kappa shape index (κ2) is 6.38. The zero-order valence-electron chi connectivity index (χ0n) is 10.2. The van der Waals surface area contributed by atoms with E-state index in [4.69, 9.17) is 10.8 Å². The van der Waals surface area contributed by atoms with Crippen LogP contribution < -0.4 is 10.6 Å². The molecule has 0 amide bonds. The van der Waals surface area contributed by atoms with Gasteiger partial charge in [0.15, 0.2) is 0 Å². The van der Waals surface area contributed by atoms with Crippen LogP contribution in [0.15, 0.2) is 18.2 Å². The maximum absolute atomic E-state index is 8.70. The van der Waals surface area contributed by atoms with Crippen LogP contribution >= 0.6 is 0 Å². The number of aryl methyl sites for hydroxylation is 1. The lowest BCUT2D eigenvalue weighted by atomic mass is 10.1. The van der Waals surface area contributed by atoms with E-state index in [1.165, 1.54) is 11.3 Å². The average Bonchev–Trinajstić information content (AvgIpc) is 2.24. The van der Waals surface area contributed by atoms with Gasteiger partial charge in [-0.15, -0.1) is 0 Å². The van der Waals surface area contributed by atoms with E-state index in [2.05, 4.69) is 24.9 Å². The largest absolute Gasteiger partial charge is 0.399 e. The van der Waals surface area contributed by atoms with Gasteiger partial charge in [0.25, 0.3) is 0 Å². The monoisotopic (exact) mass is 222 g/mol. The van der Waals surface area contributed by atoms with Crippen molar-refractivity contribution in [1.29, 1.82) is 0 Å². The first-order valence-electron chi connectivity index (χ1n) is 5.83. The van der Waals surface area contributed by atoms with Crippen LogP contribution in [-0.2, 0) is 0 Å². The standard InChI is InChI=1S/C13H22N2O/c1-11-10-12(14)6-7-13(11)15(2)8-4-3-5-9-16/h6-7,10,16H,3-5,8-9,14H2,1-2H3. The van der Waals surface area contributed by atoms with E-state index in [1.54, 1.807) is 0 Å². The van der Waals surface area contributed by atoms with Crippen LogP contribution in [0.5, 0.6) is 0 Å². The number of benzene rings is 1. The van der Waals surface area contributed by atoms with Crippen LogP contribution in [-0.4, -0.2) is 25.3 Å². The van der Waals surface area contributed by atoms with Crippen LogP contribution in [0.25, 0.3) is 0 Å². The summed E-state index contributed by atoms with van der Waals surface area (Å²) in [5.41, 5.74) is 8.98. The molecule has 0 unspecified atom stereocenters. The van der Waals surface area contributed by atoms with Crippen molar-refractivity contribution >= 4 is 11.4 Å². The third kappa shape index (κ3) is 3.74. The van der Waals surface area contributed by atoms with Crippen molar-refractivity contribution in [3.05, 3.63) is 23.8 Å². The van der Waals surface area contributed by atoms with Gasteiger partial charge in [-0.2, -0.15) is 0 Å². The van der Waals surface area contributed by atoms with Crippen molar-refractivity contribution < 1.29 is 5.11 Å². The minimum Gasteiger partial charge on any atom is -0.399 e. The summed E-state index contributed by atoms with van der Waals surface area (Å²) >= 11 is 0. The highest BCUT2D eigenvalue weighted by molar-refractivity contribution is 5.58. The lowest BCUT2D eigenvalue weighted by Crippen LogP contribution is -2.19. The Morgan fingerprint density at radius 3 is 2.62 bits per heavy atom. The molecule has 0 heterocycles. The number of hydrogen-bond donors (Lipinski definition) is 2. The summed E-state index contributed by atoms with van der Waals surface area (Å²) in [6.45, 7) is 3.39. The number of aliphatic hydroxyl groups excluding tert-OH is 1. The fourth-order valence-corrected chi connectivity index (χ4v) is 1.86. The molecule has 0 aromatic heterocycles. The molecule has 3 nitrogen and oxygen atoms in total. The van der Waals surface area contributed by atoms with E-state index >= 15 is 0 Å². The Labute approximate surface area is 97.9 Å². The molecule has 3 heteroatoms. The van der Waals surface area contributed by atoms with E-state index < -0.39 is 0 Å². The summed E-state index contributed by atoms with van der Waals surface area (Å²) in [4.78, 5) is 2.24. The molecular weight excluding hydrogens is 200 g/mol. The second-order valence-electron chi connectivity index (χ2n) is 4.25. The van der Waals surface area contributed by atoms with Gasteiger partial charge in [-0.3, -0.25) is 0 Å². The highest BCUT2D eigenvalue weighted by Crippen LogP contribution is 2.21. The maximum atomic E-state index is 8.70. The van der Waals surface area contributed by atoms with Crippen molar-refractivity contribution in [2.75, 3.05) is 30.8 Å². The quantitative estimate of drug-likeness (QED) is 0.573. The van der Waals surface area contributed by atoms with Crippen molar-refractivity contribution in [1.82, 2.24) is 0 Å². The van der Waals surface area contributed by atoms with E-state index in [0.29, 0.717) is 6.61 Å². The van der Waals surface area contributed by atoms with Crippen LogP contribution in [0, 0.1) is 6.92 Å². The Morgan fingerprint density at radius 1 is 1.25 bits per heavy atom. The molecule has 0 saturated carbocycles. The summed E-state index contributed by atoms with van der Waals surface area (Å²) < 4.78 is 0. The predicted octanol–water partition coefficient (Wildman–Crippen LogP) is 2.18. The molecule has 16 heavy (non-hydrogen) atoms. The zero-order valence-corrected chi connectivity index (χ0v) is 10.2. The Balaban J connectivity index is 2.49. The van der Waals surface area contributed by atoms with Gasteiger partial charge >= 0.3 is 0 Å². The topological polar surface area (TPSA) is 49.5 Å². The van der Waals surface area contributed by atoms with Crippen molar-refractivity contribution in [2.24, 2.45) is 0 Å². The van der Waals surface area contributed by atoms with Crippen molar-refractivity contribution in [2.45, 2.75) is 26.2 Å². The van der Waals surface area contributed by atoms with Gasteiger partial charge < -0.3 is 15.7 Å². The number of nitrogen functional groups attached to an aromatic ring is 1. The third-order valence-electron chi connectivity index (χ3n) is 2.78. The Morgan fingerprint density at radius 2 is 2.00 bits per heavy atom. The normalized spacial score (nSPS) is 10.4. The number of anilines is 2. The van der Waals surface area contributed by atoms with Gasteiger partial charge in [-0.1, -0.05) is 0 Å². The molecule has 1 aromatic rings. The summed E-state index contributed by atoms with van der Waals surface area (Å²) in [5, 5.41) is 8.70. The minimum absolute atomic E-state index is 0.296. The highest BCUT2D eigenvalue weighted by atomic mass is 16.2. The lowest BCUT2D eigenvalue weighted by molar-refractivity contribution is 0.283.